The van der Waals surface area contributed by atoms with E-state index in [1.54, 1.807) is 30.0 Å². The maximum atomic E-state index is 14.2. The number of primary amides is 1. The molecule has 5 aliphatic rings. The zero-order valence-electron chi connectivity index (χ0n) is 24.0. The molecule has 12 heteroatoms. The van der Waals surface area contributed by atoms with E-state index in [9.17, 15) is 34.8 Å². The van der Waals surface area contributed by atoms with Crippen LogP contribution < -0.4 is 5.73 Å². The van der Waals surface area contributed by atoms with E-state index in [1.807, 2.05) is 25.1 Å². The van der Waals surface area contributed by atoms with E-state index in [2.05, 4.69) is 0 Å². The van der Waals surface area contributed by atoms with Crippen molar-refractivity contribution < 1.29 is 39.5 Å². The van der Waals surface area contributed by atoms with E-state index in [4.69, 9.17) is 10.5 Å². The van der Waals surface area contributed by atoms with Crippen LogP contribution in [0.1, 0.15) is 29.5 Å². The molecule has 2 fully saturated rings. The molecule has 1 aromatic rings. The molecule has 0 radical (unpaired) electrons. The third kappa shape index (κ3) is 3.72. The fourth-order valence-corrected chi connectivity index (χ4v) is 7.67. The summed E-state index contributed by atoms with van der Waals surface area (Å²) in [6.45, 7) is 1.28. The predicted octanol–water partition coefficient (Wildman–Crippen LogP) is 0.299. The normalized spacial score (nSPS) is 31.9. The zero-order chi connectivity index (χ0) is 30.5. The number of carbonyl (C=O) groups is 3. The third-order valence-electron chi connectivity index (χ3n) is 9.47. The maximum Gasteiger partial charge on any atom is 0.253 e. The number of aromatic hydroxyl groups is 1. The average molecular weight is 581 g/mol. The molecule has 224 valence electrons. The lowest BCUT2D eigenvalue weighted by Gasteiger charge is -2.46. The Morgan fingerprint density at radius 1 is 1.17 bits per heavy atom. The van der Waals surface area contributed by atoms with Crippen molar-refractivity contribution in [3.8, 4) is 5.75 Å². The van der Waals surface area contributed by atoms with Crippen molar-refractivity contribution in [2.45, 2.75) is 36.7 Å². The van der Waals surface area contributed by atoms with Crippen molar-refractivity contribution in [3.05, 3.63) is 51.8 Å². The highest BCUT2D eigenvalue weighted by Gasteiger charge is 2.85. The molecule has 1 aromatic carbocycles. The van der Waals surface area contributed by atoms with Crippen LogP contribution in [0.5, 0.6) is 5.75 Å². The molecule has 3 aliphatic carbocycles. The van der Waals surface area contributed by atoms with Crippen LogP contribution in [0.3, 0.4) is 0 Å². The first-order valence-corrected chi connectivity index (χ1v) is 14.0. The van der Waals surface area contributed by atoms with Gasteiger partial charge in [0.15, 0.2) is 5.60 Å². The monoisotopic (exact) mass is 580 g/mol. The summed E-state index contributed by atoms with van der Waals surface area (Å²) in [6, 6.07) is 2.42. The maximum absolute atomic E-state index is 14.2. The van der Waals surface area contributed by atoms with Crippen LogP contribution >= 0.6 is 0 Å². The van der Waals surface area contributed by atoms with Gasteiger partial charge in [0.2, 0.25) is 17.5 Å². The lowest BCUT2D eigenvalue weighted by Crippen LogP contribution is -2.60. The SMILES string of the molecule is CN(C)CC(=O)N1CC=C(c2ccc(O)c3c2C[C@H]2C[C@H]4[C@@H](N(C)C)C(O)=C(C(N)=O)C5(O)O[C@]45C(=O)C2=C3O)CC1. The fraction of sp³-hybridized carbons (Fsp3) is 0.500. The van der Waals surface area contributed by atoms with E-state index in [0.717, 1.165) is 11.1 Å². The van der Waals surface area contributed by atoms with Crippen molar-refractivity contribution in [1.29, 1.82) is 0 Å². The molecular formula is C30H36N4O8. The fourth-order valence-electron chi connectivity index (χ4n) is 7.67. The summed E-state index contributed by atoms with van der Waals surface area (Å²) < 4.78 is 5.69. The molecule has 1 saturated carbocycles. The summed E-state index contributed by atoms with van der Waals surface area (Å²) in [6.07, 6.45) is 3.12. The number of amides is 2. The number of hydrogen-bond acceptors (Lipinski definition) is 10. The summed E-state index contributed by atoms with van der Waals surface area (Å²) in [7, 11) is 7.05. The Hall–Kier alpha value is -3.71. The van der Waals surface area contributed by atoms with Gasteiger partial charge in [0.25, 0.3) is 5.91 Å². The van der Waals surface area contributed by atoms with Crippen molar-refractivity contribution in [2.24, 2.45) is 17.6 Å². The number of rotatable bonds is 5. The van der Waals surface area contributed by atoms with E-state index < -0.39 is 58.0 Å². The quantitative estimate of drug-likeness (QED) is 0.304. The summed E-state index contributed by atoms with van der Waals surface area (Å²) in [5, 5.41) is 44.9. The molecular weight excluding hydrogens is 544 g/mol. The van der Waals surface area contributed by atoms with Gasteiger partial charge in [0.05, 0.1) is 18.2 Å². The minimum absolute atomic E-state index is 0.0166. The number of ketones is 1. The Morgan fingerprint density at radius 3 is 2.48 bits per heavy atom. The molecule has 0 aromatic heterocycles. The number of phenols is 1. The minimum atomic E-state index is -2.41. The molecule has 1 unspecified atom stereocenters. The summed E-state index contributed by atoms with van der Waals surface area (Å²) in [4.78, 5) is 44.3. The topological polar surface area (TPSA) is 180 Å². The lowest BCUT2D eigenvalue weighted by atomic mass is 9.58. The standard InChI is InChI=1S/C30H36N4O8/c1-32(2)13-20(36)34-9-7-14(8-10-34)16-5-6-19(35)22-17(16)11-15-12-18-24(33(3)4)26(38)23(28(31)40)30(41)29(18,42-30)27(39)21(15)25(22)37/h5-7,15,18,24,35,37-38,41H,8-13H2,1-4H3,(H2,31,40)/t15-,18-,24+,29-,30?/m0/s1. The van der Waals surface area contributed by atoms with Crippen LogP contribution in [0.25, 0.3) is 11.3 Å². The van der Waals surface area contributed by atoms with Crippen LogP contribution in [-0.4, -0.2) is 118 Å². The number of benzene rings is 1. The Labute approximate surface area is 242 Å². The molecule has 1 spiro atoms. The number of likely N-dealkylation sites (N-methyl/N-ethyl adjacent to an activating group) is 2. The molecule has 2 amide bonds. The van der Waals surface area contributed by atoms with E-state index in [-0.39, 0.29) is 29.2 Å². The Morgan fingerprint density at radius 2 is 1.88 bits per heavy atom. The molecule has 6 rings (SSSR count). The average Bonchev–Trinajstić information content (AvgIpc) is 3.53. The summed E-state index contributed by atoms with van der Waals surface area (Å²) in [5.74, 6) is -6.46. The van der Waals surface area contributed by atoms with Crippen LogP contribution in [0.2, 0.25) is 0 Å². The van der Waals surface area contributed by atoms with Crippen LogP contribution in [0, 0.1) is 11.8 Å². The number of epoxide rings is 1. The molecule has 42 heavy (non-hydrogen) atoms. The molecule has 12 nitrogen and oxygen atoms in total. The van der Waals surface area contributed by atoms with Gasteiger partial charge in [-0.2, -0.15) is 0 Å². The van der Waals surface area contributed by atoms with E-state index in [1.165, 1.54) is 6.07 Å². The van der Waals surface area contributed by atoms with Crippen molar-refractivity contribution >= 4 is 28.9 Å². The van der Waals surface area contributed by atoms with Crippen molar-refractivity contribution in [3.63, 3.8) is 0 Å². The lowest BCUT2D eigenvalue weighted by molar-refractivity contribution is -0.131. The van der Waals surface area contributed by atoms with Crippen LogP contribution in [0.4, 0.5) is 0 Å². The molecule has 2 heterocycles. The Balaban J connectivity index is 1.41. The molecule has 0 bridgehead atoms. The number of carbonyl (C=O) groups excluding carboxylic acids is 3. The highest BCUT2D eigenvalue weighted by atomic mass is 16.8. The highest BCUT2D eigenvalue weighted by Crippen LogP contribution is 2.67. The summed E-state index contributed by atoms with van der Waals surface area (Å²) in [5.41, 5.74) is 5.70. The number of Topliss-reactive ketones (excluding diaryl/α,β-unsaturated/α-hetero) is 1. The molecule has 2 aliphatic heterocycles. The first kappa shape index (κ1) is 28.4. The van der Waals surface area contributed by atoms with Gasteiger partial charge in [0, 0.05) is 24.6 Å². The smallest absolute Gasteiger partial charge is 0.253 e. The first-order valence-electron chi connectivity index (χ1n) is 14.0. The second kappa shape index (κ2) is 9.40. The number of fused-ring (bicyclic) bond motifs is 2. The number of nitrogens with zero attached hydrogens (tertiary/aromatic N) is 3. The Kier molecular flexibility index (Phi) is 6.36. The van der Waals surface area contributed by atoms with Gasteiger partial charge >= 0.3 is 0 Å². The molecule has 1 saturated heterocycles. The van der Waals surface area contributed by atoms with Gasteiger partial charge in [-0.3, -0.25) is 19.3 Å². The minimum Gasteiger partial charge on any atom is -0.510 e. The second-order valence-corrected chi connectivity index (χ2v) is 12.4. The number of ether oxygens (including phenoxy) is 1. The first-order chi connectivity index (χ1) is 19.7. The van der Waals surface area contributed by atoms with Crippen molar-refractivity contribution in [2.75, 3.05) is 47.8 Å². The van der Waals surface area contributed by atoms with Gasteiger partial charge < -0.3 is 40.7 Å². The number of phenolic OH excluding ortho intramolecular Hbond substituents is 1. The van der Waals surface area contributed by atoms with E-state index >= 15 is 0 Å². The van der Waals surface area contributed by atoms with Crippen LogP contribution in [-0.2, 0) is 25.5 Å². The second-order valence-electron chi connectivity index (χ2n) is 12.4. The predicted molar refractivity (Wildman–Crippen MR) is 151 cm³/mol. The molecule has 5 atom stereocenters. The van der Waals surface area contributed by atoms with Gasteiger partial charge in [0.1, 0.15) is 22.8 Å². The van der Waals surface area contributed by atoms with Crippen LogP contribution in [0.15, 0.2) is 35.1 Å². The molecule has 6 N–H and O–H groups in total. The Bertz CT molecular complexity index is 1530. The largest absolute Gasteiger partial charge is 0.510 e. The number of aliphatic hydroxyl groups is 3. The van der Waals surface area contributed by atoms with Gasteiger partial charge in [-0.05, 0) is 76.1 Å². The van der Waals surface area contributed by atoms with Gasteiger partial charge in [-0.25, -0.2) is 0 Å². The van der Waals surface area contributed by atoms with Crippen molar-refractivity contribution in [1.82, 2.24) is 14.7 Å². The zero-order valence-corrected chi connectivity index (χ0v) is 24.0. The number of hydrogen-bond donors (Lipinski definition) is 5. The van der Waals surface area contributed by atoms with Gasteiger partial charge in [-0.1, -0.05) is 12.1 Å². The highest BCUT2D eigenvalue weighted by molar-refractivity contribution is 6.14. The number of nitrogens with two attached hydrogens (primary N) is 1. The van der Waals surface area contributed by atoms with E-state index in [0.29, 0.717) is 38.0 Å². The van der Waals surface area contributed by atoms with Gasteiger partial charge in [-0.15, -0.1) is 0 Å². The third-order valence-corrected chi connectivity index (χ3v) is 9.47. The summed E-state index contributed by atoms with van der Waals surface area (Å²) >= 11 is 0. The number of aliphatic hydroxyl groups excluding tert-OH is 2.